The van der Waals surface area contributed by atoms with Gasteiger partial charge in [-0.25, -0.2) is 0 Å². The second-order valence-electron chi connectivity index (χ2n) is 6.60. The van der Waals surface area contributed by atoms with E-state index in [1.54, 1.807) is 0 Å². The first-order valence-corrected chi connectivity index (χ1v) is 7.84. The van der Waals surface area contributed by atoms with Crippen molar-refractivity contribution < 1.29 is 13.2 Å². The lowest BCUT2D eigenvalue weighted by Gasteiger charge is -2.49. The highest BCUT2D eigenvalue weighted by Crippen LogP contribution is 2.54. The monoisotopic (exact) mass is 297 g/mol. The number of benzene rings is 1. The molecule has 1 heterocycles. The van der Waals surface area contributed by atoms with Gasteiger partial charge in [-0.15, -0.1) is 0 Å². The minimum absolute atomic E-state index is 0.0638. The van der Waals surface area contributed by atoms with Crippen LogP contribution in [0.2, 0.25) is 0 Å². The van der Waals surface area contributed by atoms with Crippen molar-refractivity contribution in [3.8, 4) is 0 Å². The summed E-state index contributed by atoms with van der Waals surface area (Å²) < 4.78 is 38.7. The third kappa shape index (κ3) is 2.96. The fraction of sp³-hybridized carbons (Fsp3) is 0.647. The van der Waals surface area contributed by atoms with Gasteiger partial charge >= 0.3 is 6.18 Å². The zero-order valence-electron chi connectivity index (χ0n) is 12.1. The zero-order valence-corrected chi connectivity index (χ0v) is 12.1. The molecule has 0 bridgehead atoms. The van der Waals surface area contributed by atoms with Crippen LogP contribution in [0.1, 0.15) is 43.6 Å². The second-order valence-corrected chi connectivity index (χ2v) is 6.60. The molecule has 3 rings (SSSR count). The minimum Gasteiger partial charge on any atom is -0.316 e. The Kier molecular flexibility index (Phi) is 4.00. The first kappa shape index (κ1) is 14.9. The fourth-order valence-electron chi connectivity index (χ4n) is 4.25. The molecular weight excluding hydrogens is 275 g/mol. The Morgan fingerprint density at radius 1 is 1.00 bits per heavy atom. The number of hydrogen-bond donors (Lipinski definition) is 1. The van der Waals surface area contributed by atoms with Crippen LogP contribution in [0.5, 0.6) is 0 Å². The molecule has 21 heavy (non-hydrogen) atoms. The highest BCUT2D eigenvalue weighted by Gasteiger charge is 2.49. The van der Waals surface area contributed by atoms with Crippen LogP contribution in [0.15, 0.2) is 30.3 Å². The summed E-state index contributed by atoms with van der Waals surface area (Å²) in [6.07, 6.45) is -1.01. The number of piperidine rings is 1. The van der Waals surface area contributed by atoms with Gasteiger partial charge in [0.2, 0.25) is 0 Å². The van der Waals surface area contributed by atoms with E-state index in [2.05, 4.69) is 17.4 Å². The normalized spacial score (nSPS) is 34.0. The van der Waals surface area contributed by atoms with Gasteiger partial charge in [-0.2, -0.15) is 13.2 Å². The Labute approximate surface area is 123 Å². The number of nitrogens with one attached hydrogen (secondary N) is 1. The van der Waals surface area contributed by atoms with Crippen molar-refractivity contribution in [3.05, 3.63) is 35.9 Å². The van der Waals surface area contributed by atoms with E-state index in [1.807, 2.05) is 18.2 Å². The molecule has 1 unspecified atom stereocenters. The Bertz CT molecular complexity index is 461. The average Bonchev–Trinajstić information content (AvgIpc) is 2.48. The molecule has 0 radical (unpaired) electrons. The molecule has 1 nitrogen and oxygen atoms in total. The smallest absolute Gasteiger partial charge is 0.316 e. The second kappa shape index (κ2) is 5.64. The van der Waals surface area contributed by atoms with Gasteiger partial charge in [-0.1, -0.05) is 30.3 Å². The van der Waals surface area contributed by atoms with Crippen LogP contribution in [-0.4, -0.2) is 19.3 Å². The highest BCUT2D eigenvalue weighted by molar-refractivity contribution is 5.24. The molecular formula is C17H22F3N. The SMILES string of the molecule is FC(F)(F)C1CCC2(CCNCC2c2ccccc2)CC1. The maximum atomic E-state index is 12.9. The highest BCUT2D eigenvalue weighted by atomic mass is 19.4. The lowest BCUT2D eigenvalue weighted by molar-refractivity contribution is -0.189. The van der Waals surface area contributed by atoms with Gasteiger partial charge in [-0.05, 0) is 49.6 Å². The van der Waals surface area contributed by atoms with Crippen LogP contribution in [0.3, 0.4) is 0 Å². The first-order chi connectivity index (χ1) is 10.0. The Morgan fingerprint density at radius 2 is 1.67 bits per heavy atom. The summed E-state index contributed by atoms with van der Waals surface area (Å²) in [6, 6.07) is 10.3. The van der Waals surface area contributed by atoms with Crippen LogP contribution in [-0.2, 0) is 0 Å². The molecule has 2 aliphatic rings. The molecule has 1 atom stereocenters. The summed E-state index contributed by atoms with van der Waals surface area (Å²) in [6.45, 7) is 1.82. The Balaban J connectivity index is 1.79. The molecule has 116 valence electrons. The summed E-state index contributed by atoms with van der Waals surface area (Å²) in [4.78, 5) is 0. The van der Waals surface area contributed by atoms with E-state index in [0.717, 1.165) is 19.5 Å². The quantitative estimate of drug-likeness (QED) is 0.804. The van der Waals surface area contributed by atoms with Crippen LogP contribution in [0.4, 0.5) is 13.2 Å². The van der Waals surface area contributed by atoms with Gasteiger partial charge in [0.05, 0.1) is 5.92 Å². The topological polar surface area (TPSA) is 12.0 Å². The van der Waals surface area contributed by atoms with Crippen LogP contribution >= 0.6 is 0 Å². The van der Waals surface area contributed by atoms with Gasteiger partial charge in [-0.3, -0.25) is 0 Å². The number of halogens is 3. The number of alkyl halides is 3. The van der Waals surface area contributed by atoms with Crippen molar-refractivity contribution in [1.82, 2.24) is 5.32 Å². The minimum atomic E-state index is -4.02. The standard InChI is InChI=1S/C17H22F3N/c18-17(19,20)14-6-8-16(9-7-14)10-11-21-12-15(16)13-4-2-1-3-5-13/h1-5,14-15,21H,6-12H2. The van der Waals surface area contributed by atoms with E-state index in [-0.39, 0.29) is 5.41 Å². The molecule has 1 saturated carbocycles. The van der Waals surface area contributed by atoms with Gasteiger partial charge in [0.1, 0.15) is 0 Å². The fourth-order valence-corrected chi connectivity index (χ4v) is 4.25. The lowest BCUT2D eigenvalue weighted by atomic mass is 9.59. The summed E-state index contributed by atoms with van der Waals surface area (Å²) in [7, 11) is 0. The summed E-state index contributed by atoms with van der Waals surface area (Å²) >= 11 is 0. The third-order valence-corrected chi connectivity index (χ3v) is 5.53. The first-order valence-electron chi connectivity index (χ1n) is 7.84. The average molecular weight is 297 g/mol. The van der Waals surface area contributed by atoms with Gasteiger partial charge in [0, 0.05) is 12.5 Å². The van der Waals surface area contributed by atoms with Crippen molar-refractivity contribution in [2.24, 2.45) is 11.3 Å². The molecule has 1 saturated heterocycles. The molecule has 1 aromatic rings. The van der Waals surface area contributed by atoms with Crippen molar-refractivity contribution >= 4 is 0 Å². The molecule has 1 N–H and O–H groups in total. The van der Waals surface area contributed by atoms with Crippen molar-refractivity contribution in [3.63, 3.8) is 0 Å². The Hall–Kier alpha value is -1.03. The predicted octanol–water partition coefficient (Wildman–Crippen LogP) is 4.50. The lowest BCUT2D eigenvalue weighted by Crippen LogP contribution is -2.46. The van der Waals surface area contributed by atoms with Gasteiger partial charge in [0.25, 0.3) is 0 Å². The summed E-state index contributed by atoms with van der Waals surface area (Å²) in [5.74, 6) is -0.740. The Morgan fingerprint density at radius 3 is 2.29 bits per heavy atom. The molecule has 0 aromatic heterocycles. The number of hydrogen-bond acceptors (Lipinski definition) is 1. The molecule has 0 amide bonds. The van der Waals surface area contributed by atoms with Crippen molar-refractivity contribution in [2.45, 2.75) is 44.2 Å². The van der Waals surface area contributed by atoms with Crippen LogP contribution < -0.4 is 5.32 Å². The van der Waals surface area contributed by atoms with Crippen molar-refractivity contribution in [2.75, 3.05) is 13.1 Å². The molecule has 1 aliphatic carbocycles. The van der Waals surface area contributed by atoms with E-state index in [9.17, 15) is 13.2 Å². The van der Waals surface area contributed by atoms with E-state index < -0.39 is 12.1 Å². The maximum absolute atomic E-state index is 12.9. The largest absolute Gasteiger partial charge is 0.391 e. The third-order valence-electron chi connectivity index (χ3n) is 5.53. The maximum Gasteiger partial charge on any atom is 0.391 e. The van der Waals surface area contributed by atoms with Crippen LogP contribution in [0.25, 0.3) is 0 Å². The summed E-state index contributed by atoms with van der Waals surface area (Å²) in [5.41, 5.74) is 1.34. The van der Waals surface area contributed by atoms with Crippen molar-refractivity contribution in [1.29, 1.82) is 0 Å². The van der Waals surface area contributed by atoms with Gasteiger partial charge in [0.15, 0.2) is 0 Å². The molecule has 1 aliphatic heterocycles. The van der Waals surface area contributed by atoms with E-state index in [0.29, 0.717) is 31.6 Å². The molecule has 2 fully saturated rings. The predicted molar refractivity (Wildman–Crippen MR) is 77.1 cm³/mol. The van der Waals surface area contributed by atoms with E-state index >= 15 is 0 Å². The van der Waals surface area contributed by atoms with E-state index in [1.165, 1.54) is 5.56 Å². The van der Waals surface area contributed by atoms with Gasteiger partial charge < -0.3 is 5.32 Å². The zero-order chi connectivity index (χ0) is 14.9. The number of rotatable bonds is 1. The molecule has 1 aromatic carbocycles. The molecule has 1 spiro atoms. The van der Waals surface area contributed by atoms with E-state index in [4.69, 9.17) is 0 Å². The van der Waals surface area contributed by atoms with Crippen LogP contribution in [0, 0.1) is 11.3 Å². The summed E-state index contributed by atoms with van der Waals surface area (Å²) in [5, 5.41) is 3.42. The molecule has 4 heteroatoms.